The highest BCUT2D eigenvalue weighted by Crippen LogP contribution is 2.23. The summed E-state index contributed by atoms with van der Waals surface area (Å²) in [4.78, 5) is 2.54. The topological polar surface area (TPSA) is 3.24 Å². The molecule has 1 nitrogen and oxygen atoms in total. The molecule has 1 heterocycles. The lowest BCUT2D eigenvalue weighted by molar-refractivity contribution is 0.263. The van der Waals surface area contributed by atoms with Crippen molar-refractivity contribution in [1.82, 2.24) is 4.90 Å². The van der Waals surface area contributed by atoms with Crippen LogP contribution in [-0.2, 0) is 0 Å². The summed E-state index contributed by atoms with van der Waals surface area (Å²) in [7, 11) is 0. The molecule has 1 fully saturated rings. The van der Waals surface area contributed by atoms with Crippen LogP contribution in [0.3, 0.4) is 0 Å². The normalized spacial score (nSPS) is 20.4. The second-order valence-corrected chi connectivity index (χ2v) is 3.76. The van der Waals surface area contributed by atoms with E-state index in [4.69, 9.17) is 0 Å². The second kappa shape index (κ2) is 3.93. The van der Waals surface area contributed by atoms with E-state index in [0.717, 1.165) is 0 Å². The summed E-state index contributed by atoms with van der Waals surface area (Å²) < 4.78 is 0. The van der Waals surface area contributed by atoms with E-state index in [1.807, 2.05) is 6.07 Å². The number of benzene rings is 1. The second-order valence-electron chi connectivity index (χ2n) is 3.76. The van der Waals surface area contributed by atoms with Gasteiger partial charge in [0.05, 0.1) is 0 Å². The minimum atomic E-state index is 0.569. The molecule has 0 aliphatic carbocycles. The van der Waals surface area contributed by atoms with Crippen LogP contribution in [0.15, 0.2) is 24.3 Å². The van der Waals surface area contributed by atoms with E-state index in [1.165, 1.54) is 31.5 Å². The summed E-state index contributed by atoms with van der Waals surface area (Å²) in [5.74, 6) is 0. The quantitative estimate of drug-likeness (QED) is 0.666. The zero-order chi connectivity index (χ0) is 9.10. The highest BCUT2D eigenvalue weighted by atomic mass is 15.2. The third-order valence-electron chi connectivity index (χ3n) is 2.90. The van der Waals surface area contributed by atoms with Gasteiger partial charge in [-0.05, 0) is 50.6 Å². The van der Waals surface area contributed by atoms with Crippen LogP contribution < -0.4 is 0 Å². The van der Waals surface area contributed by atoms with Gasteiger partial charge in [0, 0.05) is 6.04 Å². The molecule has 1 radical (unpaired) electrons. The molecule has 13 heavy (non-hydrogen) atoms. The summed E-state index contributed by atoms with van der Waals surface area (Å²) >= 11 is 0. The number of hydrogen-bond donors (Lipinski definition) is 0. The van der Waals surface area contributed by atoms with Crippen molar-refractivity contribution in [3.8, 4) is 0 Å². The molecule has 1 aliphatic heterocycles. The molecule has 1 unspecified atom stereocenters. The molecule has 2 rings (SSSR count). The van der Waals surface area contributed by atoms with E-state index in [1.54, 1.807) is 0 Å². The van der Waals surface area contributed by atoms with E-state index >= 15 is 0 Å². The highest BCUT2D eigenvalue weighted by molar-refractivity contribution is 5.17. The summed E-state index contributed by atoms with van der Waals surface area (Å²) in [5.41, 5.74) is 1.39. The summed E-state index contributed by atoms with van der Waals surface area (Å²) in [6, 6.07) is 12.0. The SMILES string of the molecule is CC(c1c[c]ccc1)N1CCCC1. The summed E-state index contributed by atoms with van der Waals surface area (Å²) in [6.07, 6.45) is 2.72. The van der Waals surface area contributed by atoms with Crippen molar-refractivity contribution in [2.45, 2.75) is 25.8 Å². The third kappa shape index (κ3) is 1.92. The fourth-order valence-electron chi connectivity index (χ4n) is 2.01. The molecule has 0 spiro atoms. The lowest BCUT2D eigenvalue weighted by Crippen LogP contribution is -2.23. The van der Waals surface area contributed by atoms with E-state index in [-0.39, 0.29) is 0 Å². The maximum atomic E-state index is 3.14. The van der Waals surface area contributed by atoms with Gasteiger partial charge < -0.3 is 0 Å². The maximum Gasteiger partial charge on any atom is 0.0320 e. The fourth-order valence-corrected chi connectivity index (χ4v) is 2.01. The summed E-state index contributed by atoms with van der Waals surface area (Å²) in [6.45, 7) is 4.81. The molecular formula is C12H16N. The molecular weight excluding hydrogens is 158 g/mol. The standard InChI is InChI=1S/C12H16N/c1-11(13-9-5-6-10-13)12-7-3-2-4-8-12/h2-3,7-8,11H,5-6,9-10H2,1H3. The Bertz CT molecular complexity index is 249. The van der Waals surface area contributed by atoms with Crippen LogP contribution in [0.1, 0.15) is 31.4 Å². The summed E-state index contributed by atoms with van der Waals surface area (Å²) in [5, 5.41) is 0. The van der Waals surface area contributed by atoms with Gasteiger partial charge in [-0.25, -0.2) is 0 Å². The van der Waals surface area contributed by atoms with Crippen molar-refractivity contribution >= 4 is 0 Å². The van der Waals surface area contributed by atoms with Crippen LogP contribution in [0, 0.1) is 6.07 Å². The Morgan fingerprint density at radius 1 is 1.38 bits per heavy atom. The Hall–Kier alpha value is -0.820. The van der Waals surface area contributed by atoms with E-state index in [0.29, 0.717) is 6.04 Å². The lowest BCUT2D eigenvalue weighted by Gasteiger charge is -2.23. The average Bonchev–Trinajstić information content (AvgIpc) is 2.71. The first-order valence-corrected chi connectivity index (χ1v) is 5.08. The van der Waals surface area contributed by atoms with Gasteiger partial charge in [-0.2, -0.15) is 0 Å². The molecule has 0 aromatic heterocycles. The molecule has 0 saturated carbocycles. The van der Waals surface area contributed by atoms with E-state index in [9.17, 15) is 0 Å². The maximum absolute atomic E-state index is 3.14. The van der Waals surface area contributed by atoms with Crippen LogP contribution in [0.5, 0.6) is 0 Å². The van der Waals surface area contributed by atoms with Crippen molar-refractivity contribution < 1.29 is 0 Å². The van der Waals surface area contributed by atoms with Crippen molar-refractivity contribution in [2.24, 2.45) is 0 Å². The number of nitrogens with zero attached hydrogens (tertiary/aromatic N) is 1. The van der Waals surface area contributed by atoms with Crippen molar-refractivity contribution in [1.29, 1.82) is 0 Å². The predicted octanol–water partition coefficient (Wildman–Crippen LogP) is 2.64. The first-order valence-electron chi connectivity index (χ1n) is 5.08. The van der Waals surface area contributed by atoms with Gasteiger partial charge in [-0.15, -0.1) is 0 Å². The van der Waals surface area contributed by atoms with Crippen molar-refractivity contribution in [3.05, 3.63) is 35.9 Å². The molecule has 69 valence electrons. The van der Waals surface area contributed by atoms with E-state index < -0.39 is 0 Å². The molecule has 0 bridgehead atoms. The van der Waals surface area contributed by atoms with Gasteiger partial charge >= 0.3 is 0 Å². The van der Waals surface area contributed by atoms with Gasteiger partial charge in [0.25, 0.3) is 0 Å². The van der Waals surface area contributed by atoms with Crippen molar-refractivity contribution in [2.75, 3.05) is 13.1 Å². The average molecular weight is 174 g/mol. The number of likely N-dealkylation sites (tertiary alicyclic amines) is 1. The molecule has 1 saturated heterocycles. The van der Waals surface area contributed by atoms with Gasteiger partial charge in [0.2, 0.25) is 0 Å². The predicted molar refractivity (Wildman–Crippen MR) is 54.5 cm³/mol. The molecule has 1 aromatic carbocycles. The van der Waals surface area contributed by atoms with Crippen LogP contribution in [0.4, 0.5) is 0 Å². The van der Waals surface area contributed by atoms with Gasteiger partial charge in [-0.3, -0.25) is 4.90 Å². The Labute approximate surface area is 80.4 Å². The van der Waals surface area contributed by atoms with Crippen LogP contribution in [0.25, 0.3) is 0 Å². The zero-order valence-corrected chi connectivity index (χ0v) is 8.16. The molecule has 1 heteroatoms. The first-order chi connectivity index (χ1) is 6.38. The van der Waals surface area contributed by atoms with Crippen molar-refractivity contribution in [3.63, 3.8) is 0 Å². The van der Waals surface area contributed by atoms with Gasteiger partial charge in [0.15, 0.2) is 0 Å². The van der Waals surface area contributed by atoms with Crippen LogP contribution in [-0.4, -0.2) is 18.0 Å². The molecule has 0 amide bonds. The third-order valence-corrected chi connectivity index (χ3v) is 2.90. The lowest BCUT2D eigenvalue weighted by atomic mass is 10.1. The Morgan fingerprint density at radius 3 is 2.77 bits per heavy atom. The molecule has 1 atom stereocenters. The Balaban J connectivity index is 2.08. The molecule has 1 aromatic rings. The smallest absolute Gasteiger partial charge is 0.0320 e. The largest absolute Gasteiger partial charge is 0.297 e. The minimum absolute atomic E-state index is 0.569. The highest BCUT2D eigenvalue weighted by Gasteiger charge is 2.18. The molecule has 1 aliphatic rings. The van der Waals surface area contributed by atoms with Gasteiger partial charge in [-0.1, -0.05) is 18.2 Å². The van der Waals surface area contributed by atoms with Crippen LogP contribution in [0.2, 0.25) is 0 Å². The molecule has 0 N–H and O–H groups in total. The first kappa shape index (κ1) is 8.76. The Kier molecular flexibility index (Phi) is 2.65. The monoisotopic (exact) mass is 174 g/mol. The zero-order valence-electron chi connectivity index (χ0n) is 8.16. The van der Waals surface area contributed by atoms with Crippen LogP contribution >= 0.6 is 0 Å². The fraction of sp³-hybridized carbons (Fsp3) is 0.500. The number of rotatable bonds is 2. The number of hydrogen-bond acceptors (Lipinski definition) is 1. The van der Waals surface area contributed by atoms with Gasteiger partial charge in [0.1, 0.15) is 0 Å². The Morgan fingerprint density at radius 2 is 2.15 bits per heavy atom. The minimum Gasteiger partial charge on any atom is -0.297 e. The van der Waals surface area contributed by atoms with E-state index in [2.05, 4.69) is 36.1 Å².